The Hall–Kier alpha value is -2.63. The predicted octanol–water partition coefficient (Wildman–Crippen LogP) is 4.89. The Balaban J connectivity index is 1.75. The molecule has 154 valence electrons. The van der Waals surface area contributed by atoms with Crippen LogP contribution < -0.4 is 0 Å². The number of halogens is 2. The van der Waals surface area contributed by atoms with Crippen molar-refractivity contribution in [1.82, 2.24) is 10.0 Å². The predicted molar refractivity (Wildman–Crippen MR) is 115 cm³/mol. The molecule has 2 aromatic rings. The highest BCUT2D eigenvalue weighted by Crippen LogP contribution is 2.39. The van der Waals surface area contributed by atoms with Gasteiger partial charge in [0, 0.05) is 5.02 Å². The minimum absolute atomic E-state index is 0.0208. The van der Waals surface area contributed by atoms with Gasteiger partial charge in [-0.1, -0.05) is 65.2 Å². The van der Waals surface area contributed by atoms with Crippen molar-refractivity contribution in [2.24, 2.45) is 11.8 Å². The van der Waals surface area contributed by atoms with Crippen molar-refractivity contribution in [3.05, 3.63) is 81.4 Å². The summed E-state index contributed by atoms with van der Waals surface area (Å²) in [5, 5.41) is 2.89. The van der Waals surface area contributed by atoms with Gasteiger partial charge in [-0.2, -0.15) is 5.01 Å². The summed E-state index contributed by atoms with van der Waals surface area (Å²) < 4.78 is 0. The van der Waals surface area contributed by atoms with Crippen molar-refractivity contribution in [2.45, 2.75) is 26.3 Å². The van der Waals surface area contributed by atoms with Gasteiger partial charge in [0.25, 0.3) is 17.7 Å². The largest absolute Gasteiger partial charge is 0.274 e. The van der Waals surface area contributed by atoms with Crippen molar-refractivity contribution in [3.8, 4) is 0 Å². The Kier molecular flexibility index (Phi) is 5.67. The highest BCUT2D eigenvalue weighted by Gasteiger charge is 2.51. The zero-order chi connectivity index (χ0) is 21.4. The van der Waals surface area contributed by atoms with Crippen LogP contribution in [0, 0.1) is 11.8 Å². The first-order chi connectivity index (χ1) is 14.4. The molecule has 2 aliphatic rings. The van der Waals surface area contributed by atoms with Gasteiger partial charge in [-0.05, 0) is 43.5 Å². The molecule has 1 fully saturated rings. The molecule has 1 saturated heterocycles. The summed E-state index contributed by atoms with van der Waals surface area (Å²) in [6.45, 7) is 1.93. The van der Waals surface area contributed by atoms with E-state index >= 15 is 0 Å². The van der Waals surface area contributed by atoms with Crippen LogP contribution in [0.25, 0.3) is 0 Å². The summed E-state index contributed by atoms with van der Waals surface area (Å²) in [7, 11) is 0. The molecule has 2 atom stereocenters. The van der Waals surface area contributed by atoms with Crippen molar-refractivity contribution >= 4 is 40.9 Å². The topological polar surface area (TPSA) is 57.7 Å². The van der Waals surface area contributed by atoms with E-state index in [1.807, 2.05) is 13.0 Å². The number of hydrogen-bond donors (Lipinski definition) is 0. The normalized spacial score (nSPS) is 20.8. The van der Waals surface area contributed by atoms with Gasteiger partial charge in [0.15, 0.2) is 0 Å². The van der Waals surface area contributed by atoms with Gasteiger partial charge in [0.2, 0.25) is 0 Å². The molecule has 0 saturated carbocycles. The Morgan fingerprint density at radius 3 is 2.33 bits per heavy atom. The first-order valence-electron chi connectivity index (χ1n) is 9.71. The Labute approximate surface area is 184 Å². The van der Waals surface area contributed by atoms with Crippen LogP contribution in [-0.2, 0) is 16.1 Å². The fourth-order valence-corrected chi connectivity index (χ4v) is 4.46. The highest BCUT2D eigenvalue weighted by atomic mass is 35.5. The van der Waals surface area contributed by atoms with Gasteiger partial charge < -0.3 is 0 Å². The van der Waals surface area contributed by atoms with Gasteiger partial charge in [0.1, 0.15) is 0 Å². The lowest BCUT2D eigenvalue weighted by Gasteiger charge is -2.31. The molecule has 1 heterocycles. The molecule has 30 heavy (non-hydrogen) atoms. The summed E-state index contributed by atoms with van der Waals surface area (Å²) in [5.41, 5.74) is 1.93. The van der Waals surface area contributed by atoms with Crippen molar-refractivity contribution in [1.29, 1.82) is 0 Å². The highest BCUT2D eigenvalue weighted by molar-refractivity contribution is 6.34. The number of fused-ring (bicyclic) bond motifs is 1. The molecule has 0 N–H and O–H groups in total. The van der Waals surface area contributed by atoms with E-state index in [0.29, 0.717) is 23.4 Å². The number of rotatable bonds is 4. The molecule has 2 aromatic carbocycles. The molecule has 4 rings (SSSR count). The summed E-state index contributed by atoms with van der Waals surface area (Å²) in [5.74, 6) is -2.14. The van der Waals surface area contributed by atoms with E-state index in [0.717, 1.165) is 10.6 Å². The Bertz CT molecular complexity index is 1070. The third-order valence-corrected chi connectivity index (χ3v) is 6.36. The van der Waals surface area contributed by atoms with E-state index in [4.69, 9.17) is 23.2 Å². The minimum Gasteiger partial charge on any atom is -0.272 e. The summed E-state index contributed by atoms with van der Waals surface area (Å²) >= 11 is 12.6. The van der Waals surface area contributed by atoms with Crippen LogP contribution in [0.3, 0.4) is 0 Å². The average molecular weight is 443 g/mol. The monoisotopic (exact) mass is 442 g/mol. The van der Waals surface area contributed by atoms with E-state index in [9.17, 15) is 14.4 Å². The van der Waals surface area contributed by atoms with Crippen LogP contribution in [0.2, 0.25) is 10.0 Å². The number of carbonyl (C=O) groups is 3. The lowest BCUT2D eigenvalue weighted by atomic mass is 9.82. The molecule has 5 nitrogen and oxygen atoms in total. The first-order valence-corrected chi connectivity index (χ1v) is 10.5. The van der Waals surface area contributed by atoms with E-state index in [1.165, 1.54) is 5.01 Å². The van der Waals surface area contributed by atoms with Gasteiger partial charge in [-0.25, -0.2) is 5.01 Å². The summed E-state index contributed by atoms with van der Waals surface area (Å²) in [6, 6.07) is 13.6. The van der Waals surface area contributed by atoms with E-state index < -0.39 is 17.7 Å². The fraction of sp³-hybridized carbons (Fsp3) is 0.261. The number of allylic oxidation sites excluding steroid dienone is 2. The number of imide groups is 1. The molecule has 7 heteroatoms. The SMILES string of the molecule is CC1=CC[C@H]2C(=O)N(N(Cc3ccccc3Cl)C(=O)c3ccccc3Cl)C(=O)[C@H]2C1. The molecular weight excluding hydrogens is 423 g/mol. The van der Waals surface area contributed by atoms with Crippen LogP contribution >= 0.6 is 23.2 Å². The number of hydrogen-bond acceptors (Lipinski definition) is 3. The van der Waals surface area contributed by atoms with Crippen LogP contribution in [0.1, 0.15) is 35.7 Å². The molecule has 1 aliphatic heterocycles. The Morgan fingerprint density at radius 2 is 1.63 bits per heavy atom. The number of amides is 3. The quantitative estimate of drug-likeness (QED) is 0.500. The van der Waals surface area contributed by atoms with Gasteiger partial charge in [-0.3, -0.25) is 14.4 Å². The second kappa shape index (κ2) is 8.25. The molecule has 0 spiro atoms. The molecular formula is C23H20Cl2N2O3. The zero-order valence-electron chi connectivity index (χ0n) is 16.3. The Morgan fingerprint density at radius 1 is 1.00 bits per heavy atom. The van der Waals surface area contributed by atoms with Gasteiger partial charge in [0.05, 0.1) is 29.0 Å². The first kappa shape index (κ1) is 20.6. The average Bonchev–Trinajstić information content (AvgIpc) is 2.97. The molecule has 3 amide bonds. The second-order valence-electron chi connectivity index (χ2n) is 7.63. The second-order valence-corrected chi connectivity index (χ2v) is 8.44. The molecule has 0 aromatic heterocycles. The maximum Gasteiger partial charge on any atom is 0.274 e. The van der Waals surface area contributed by atoms with Gasteiger partial charge in [-0.15, -0.1) is 0 Å². The third kappa shape index (κ3) is 3.64. The van der Waals surface area contributed by atoms with E-state index in [-0.39, 0.29) is 28.9 Å². The number of carbonyl (C=O) groups excluding carboxylic acids is 3. The lowest BCUT2D eigenvalue weighted by molar-refractivity contribution is -0.155. The smallest absolute Gasteiger partial charge is 0.272 e. The van der Waals surface area contributed by atoms with Crippen molar-refractivity contribution in [2.75, 3.05) is 0 Å². The standard InChI is InChI=1S/C23H20Cl2N2O3/c1-14-10-11-16-18(12-14)23(30)27(22(16)29)26(13-15-6-2-4-8-19(15)24)21(28)17-7-3-5-9-20(17)25/h2-10,16,18H,11-13H2,1H3/t16-,18+/m1/s1. The number of nitrogens with zero attached hydrogens (tertiary/aromatic N) is 2. The number of hydrazine groups is 1. The lowest BCUT2D eigenvalue weighted by Crippen LogP contribution is -2.50. The van der Waals surface area contributed by atoms with Gasteiger partial charge >= 0.3 is 0 Å². The van der Waals surface area contributed by atoms with Crippen molar-refractivity contribution in [3.63, 3.8) is 0 Å². The molecule has 1 aliphatic carbocycles. The minimum atomic E-state index is -0.523. The molecule has 0 unspecified atom stereocenters. The summed E-state index contributed by atoms with van der Waals surface area (Å²) in [6.07, 6.45) is 3.01. The number of benzene rings is 2. The van der Waals surface area contributed by atoms with Crippen LogP contribution in [0.15, 0.2) is 60.2 Å². The summed E-state index contributed by atoms with van der Waals surface area (Å²) in [4.78, 5) is 39.9. The maximum absolute atomic E-state index is 13.5. The molecule has 0 radical (unpaired) electrons. The molecule has 0 bridgehead atoms. The van der Waals surface area contributed by atoms with E-state index in [2.05, 4.69) is 0 Å². The maximum atomic E-state index is 13.5. The van der Waals surface area contributed by atoms with Crippen LogP contribution in [0.5, 0.6) is 0 Å². The third-order valence-electron chi connectivity index (χ3n) is 5.66. The van der Waals surface area contributed by atoms with Crippen LogP contribution in [-0.4, -0.2) is 27.7 Å². The van der Waals surface area contributed by atoms with Crippen LogP contribution in [0.4, 0.5) is 0 Å². The van der Waals surface area contributed by atoms with Crippen molar-refractivity contribution < 1.29 is 14.4 Å². The van der Waals surface area contributed by atoms with E-state index in [1.54, 1.807) is 48.5 Å². The fourth-order valence-electron chi connectivity index (χ4n) is 4.05. The zero-order valence-corrected chi connectivity index (χ0v) is 17.9.